The van der Waals surface area contributed by atoms with Crippen molar-refractivity contribution in [2.75, 3.05) is 13.2 Å². The van der Waals surface area contributed by atoms with Crippen LogP contribution in [-0.2, 0) is 22.6 Å². The van der Waals surface area contributed by atoms with E-state index >= 15 is 0 Å². The van der Waals surface area contributed by atoms with Crippen molar-refractivity contribution < 1.29 is 9.53 Å². The fourth-order valence-electron chi connectivity index (χ4n) is 2.93. The average molecular weight is 264 g/mol. The van der Waals surface area contributed by atoms with Crippen molar-refractivity contribution in [3.63, 3.8) is 0 Å². The van der Waals surface area contributed by atoms with E-state index in [1.165, 1.54) is 0 Å². The molecule has 0 aliphatic carbocycles. The molecule has 0 spiro atoms. The van der Waals surface area contributed by atoms with Crippen LogP contribution in [0, 0.1) is 12.8 Å². The Morgan fingerprint density at radius 2 is 2.26 bits per heavy atom. The van der Waals surface area contributed by atoms with Crippen molar-refractivity contribution in [2.45, 2.75) is 45.9 Å². The largest absolute Gasteiger partial charge is 0.378 e. The average Bonchev–Trinajstić information content (AvgIpc) is 2.77. The van der Waals surface area contributed by atoms with Crippen molar-refractivity contribution >= 4 is 5.91 Å². The van der Waals surface area contributed by atoms with Crippen molar-refractivity contribution in [1.29, 1.82) is 0 Å². The van der Waals surface area contributed by atoms with E-state index in [0.29, 0.717) is 6.54 Å². The third-order valence-corrected chi connectivity index (χ3v) is 4.00. The predicted molar refractivity (Wildman–Crippen MR) is 68.3 cm³/mol. The second-order valence-electron chi connectivity index (χ2n) is 5.38. The lowest BCUT2D eigenvalue weighted by Gasteiger charge is -2.34. The maximum Gasteiger partial charge on any atom is 0.228 e. The van der Waals surface area contributed by atoms with Gasteiger partial charge in [-0.3, -0.25) is 4.79 Å². The maximum absolute atomic E-state index is 12.6. The Morgan fingerprint density at radius 1 is 1.42 bits per heavy atom. The highest BCUT2D eigenvalue weighted by Crippen LogP contribution is 2.24. The summed E-state index contributed by atoms with van der Waals surface area (Å²) in [6.07, 6.45) is 1.94. The first-order valence-electron chi connectivity index (χ1n) is 6.96. The maximum atomic E-state index is 12.6. The van der Waals surface area contributed by atoms with Gasteiger partial charge in [-0.1, -0.05) is 0 Å². The molecule has 0 bridgehead atoms. The molecule has 1 amide bonds. The minimum Gasteiger partial charge on any atom is -0.378 e. The molecule has 2 unspecified atom stereocenters. The quantitative estimate of drug-likeness (QED) is 0.751. The van der Waals surface area contributed by atoms with Crippen LogP contribution in [0.5, 0.6) is 0 Å². The zero-order valence-electron chi connectivity index (χ0n) is 11.5. The number of aryl methyl sites for hydroxylation is 1. The molecule has 1 aromatic heterocycles. The Hall–Kier alpha value is -1.43. The van der Waals surface area contributed by atoms with E-state index < -0.39 is 0 Å². The van der Waals surface area contributed by atoms with Gasteiger partial charge < -0.3 is 9.64 Å². The lowest BCUT2D eigenvalue weighted by Crippen LogP contribution is -2.46. The topological polar surface area (TPSA) is 60.2 Å². The van der Waals surface area contributed by atoms with E-state index in [1.807, 2.05) is 23.4 Å². The van der Waals surface area contributed by atoms with E-state index in [9.17, 15) is 4.79 Å². The summed E-state index contributed by atoms with van der Waals surface area (Å²) in [4.78, 5) is 18.8. The molecule has 0 N–H and O–H groups in total. The molecule has 2 aliphatic rings. The molecule has 2 atom stereocenters. The number of nitrogens with zero attached hydrogens (tertiary/aromatic N) is 4. The fraction of sp³-hybridized carbons (Fsp3) is 0.769. The van der Waals surface area contributed by atoms with E-state index in [1.54, 1.807) is 0 Å². The molecule has 6 heteroatoms. The molecule has 1 aromatic rings. The Balaban J connectivity index is 1.71. The van der Waals surface area contributed by atoms with Gasteiger partial charge in [-0.15, -0.1) is 0 Å². The summed E-state index contributed by atoms with van der Waals surface area (Å²) in [6.45, 7) is 6.69. The highest BCUT2D eigenvalue weighted by atomic mass is 16.5. The van der Waals surface area contributed by atoms with Gasteiger partial charge in [0, 0.05) is 13.2 Å². The van der Waals surface area contributed by atoms with Crippen LogP contribution in [-0.4, -0.2) is 44.8 Å². The summed E-state index contributed by atoms with van der Waals surface area (Å²) in [5.41, 5.74) is 0. The van der Waals surface area contributed by atoms with Gasteiger partial charge in [-0.05, 0) is 26.7 Å². The molecule has 0 saturated carbocycles. The molecule has 1 fully saturated rings. The molecule has 3 rings (SSSR count). The first kappa shape index (κ1) is 12.6. The van der Waals surface area contributed by atoms with Crippen molar-refractivity contribution in [2.24, 2.45) is 5.92 Å². The SMILES string of the molecule is Cc1nc2n(n1)CCN(C(=O)C1CCCOC1C)C2. The lowest BCUT2D eigenvalue weighted by molar-refractivity contribution is -0.145. The summed E-state index contributed by atoms with van der Waals surface area (Å²) in [5.74, 6) is 1.88. The van der Waals surface area contributed by atoms with Gasteiger partial charge in [0.15, 0.2) is 0 Å². The highest BCUT2D eigenvalue weighted by molar-refractivity contribution is 5.79. The number of fused-ring (bicyclic) bond motifs is 1. The number of carbonyl (C=O) groups is 1. The van der Waals surface area contributed by atoms with Gasteiger partial charge in [0.25, 0.3) is 0 Å². The number of aromatic nitrogens is 3. The Labute approximate surface area is 112 Å². The van der Waals surface area contributed by atoms with Crippen molar-refractivity contribution in [3.8, 4) is 0 Å². The van der Waals surface area contributed by atoms with E-state index in [-0.39, 0.29) is 17.9 Å². The summed E-state index contributed by atoms with van der Waals surface area (Å²) in [6, 6.07) is 0. The second-order valence-corrected chi connectivity index (χ2v) is 5.38. The van der Waals surface area contributed by atoms with Gasteiger partial charge in [0.2, 0.25) is 5.91 Å². The van der Waals surface area contributed by atoms with Crippen LogP contribution in [0.4, 0.5) is 0 Å². The van der Waals surface area contributed by atoms with Gasteiger partial charge in [-0.2, -0.15) is 5.10 Å². The molecule has 0 radical (unpaired) electrons. The normalized spacial score (nSPS) is 27.2. The van der Waals surface area contributed by atoms with Crippen LogP contribution in [0.3, 0.4) is 0 Å². The minimum atomic E-state index is 0.00400. The first-order valence-corrected chi connectivity index (χ1v) is 6.96. The van der Waals surface area contributed by atoms with Crippen LogP contribution < -0.4 is 0 Å². The molecule has 6 nitrogen and oxygen atoms in total. The van der Waals surface area contributed by atoms with E-state index in [2.05, 4.69) is 10.1 Å². The molecule has 2 aliphatic heterocycles. The van der Waals surface area contributed by atoms with E-state index in [4.69, 9.17) is 4.74 Å². The van der Waals surface area contributed by atoms with Crippen LogP contribution in [0.1, 0.15) is 31.4 Å². The number of hydrogen-bond acceptors (Lipinski definition) is 4. The molecule has 19 heavy (non-hydrogen) atoms. The summed E-state index contributed by atoms with van der Waals surface area (Å²) in [7, 11) is 0. The van der Waals surface area contributed by atoms with Crippen LogP contribution in [0.2, 0.25) is 0 Å². The number of rotatable bonds is 1. The van der Waals surface area contributed by atoms with Crippen LogP contribution in [0.25, 0.3) is 0 Å². The summed E-state index contributed by atoms with van der Waals surface area (Å²) >= 11 is 0. The summed E-state index contributed by atoms with van der Waals surface area (Å²) in [5, 5.41) is 4.32. The molecular formula is C13H20N4O2. The number of carbonyl (C=O) groups excluding carboxylic acids is 1. The second kappa shape index (κ2) is 4.92. The zero-order chi connectivity index (χ0) is 13.4. The monoisotopic (exact) mass is 264 g/mol. The van der Waals surface area contributed by atoms with Gasteiger partial charge >= 0.3 is 0 Å². The number of amides is 1. The van der Waals surface area contributed by atoms with Gasteiger partial charge in [0.1, 0.15) is 11.6 Å². The Bertz CT molecular complexity index is 485. The lowest BCUT2D eigenvalue weighted by atomic mass is 9.93. The first-order chi connectivity index (χ1) is 9.15. The molecule has 104 valence electrons. The number of ether oxygens (including phenoxy) is 1. The minimum absolute atomic E-state index is 0.00400. The Kier molecular flexibility index (Phi) is 3.26. The van der Waals surface area contributed by atoms with Gasteiger partial charge in [-0.25, -0.2) is 9.67 Å². The summed E-state index contributed by atoms with van der Waals surface area (Å²) < 4.78 is 7.50. The van der Waals surface area contributed by atoms with Crippen molar-refractivity contribution in [1.82, 2.24) is 19.7 Å². The molecule has 1 saturated heterocycles. The van der Waals surface area contributed by atoms with Crippen LogP contribution >= 0.6 is 0 Å². The Morgan fingerprint density at radius 3 is 3.05 bits per heavy atom. The molecule has 3 heterocycles. The molecule has 0 aromatic carbocycles. The van der Waals surface area contributed by atoms with Gasteiger partial charge in [0.05, 0.1) is 25.1 Å². The zero-order valence-corrected chi connectivity index (χ0v) is 11.5. The third-order valence-electron chi connectivity index (χ3n) is 4.00. The highest BCUT2D eigenvalue weighted by Gasteiger charge is 2.33. The number of hydrogen-bond donors (Lipinski definition) is 0. The fourth-order valence-corrected chi connectivity index (χ4v) is 2.93. The molecular weight excluding hydrogens is 244 g/mol. The predicted octanol–water partition coefficient (Wildman–Crippen LogP) is 0.744. The smallest absolute Gasteiger partial charge is 0.228 e. The van der Waals surface area contributed by atoms with Crippen molar-refractivity contribution in [3.05, 3.63) is 11.6 Å². The third kappa shape index (κ3) is 2.36. The van der Waals surface area contributed by atoms with E-state index in [0.717, 1.165) is 44.2 Å². The van der Waals surface area contributed by atoms with Crippen LogP contribution in [0.15, 0.2) is 0 Å². The standard InChI is InChI=1S/C13H20N4O2/c1-9-11(4-3-7-19-9)13(18)16-5-6-17-12(8-16)14-10(2)15-17/h9,11H,3-8H2,1-2H3.